The minimum Gasteiger partial charge on any atom is -0.497 e. The monoisotopic (exact) mass is 462 g/mol. The molecule has 0 aliphatic carbocycles. The molecule has 0 fully saturated rings. The maximum Gasteiger partial charge on any atom is 0.242 e. The summed E-state index contributed by atoms with van der Waals surface area (Å²) in [6, 6.07) is 14.5. The van der Waals surface area contributed by atoms with Gasteiger partial charge in [-0.25, -0.2) is 0 Å². The van der Waals surface area contributed by atoms with Crippen LogP contribution >= 0.6 is 23.4 Å². The van der Waals surface area contributed by atoms with Crippen molar-refractivity contribution < 1.29 is 14.3 Å². The third-order valence-corrected chi connectivity index (χ3v) is 5.76. The summed E-state index contributed by atoms with van der Waals surface area (Å²) >= 11 is 7.55. The topological polar surface area (TPSA) is 58.6 Å². The number of carbonyl (C=O) groups is 2. The van der Waals surface area contributed by atoms with Crippen LogP contribution in [0.3, 0.4) is 0 Å². The van der Waals surface area contributed by atoms with Gasteiger partial charge in [0.1, 0.15) is 11.8 Å². The molecule has 31 heavy (non-hydrogen) atoms. The summed E-state index contributed by atoms with van der Waals surface area (Å²) in [7, 11) is 1.61. The predicted octanol–water partition coefficient (Wildman–Crippen LogP) is 4.91. The number of methoxy groups -OCH3 is 1. The fourth-order valence-corrected chi connectivity index (χ4v) is 4.06. The van der Waals surface area contributed by atoms with Crippen molar-refractivity contribution in [3.8, 4) is 5.75 Å². The second kappa shape index (κ2) is 11.4. The lowest BCUT2D eigenvalue weighted by molar-refractivity contribution is -0.139. The molecule has 168 valence electrons. The zero-order valence-corrected chi connectivity index (χ0v) is 20.3. The van der Waals surface area contributed by atoms with E-state index in [0.29, 0.717) is 23.1 Å². The number of halogens is 1. The fraction of sp³-hybridized carbons (Fsp3) is 0.417. The van der Waals surface area contributed by atoms with Crippen LogP contribution in [0, 0.1) is 0 Å². The van der Waals surface area contributed by atoms with Gasteiger partial charge < -0.3 is 15.0 Å². The van der Waals surface area contributed by atoms with Gasteiger partial charge in [-0.3, -0.25) is 9.59 Å². The Morgan fingerprint density at radius 1 is 1.13 bits per heavy atom. The Kier molecular flexibility index (Phi) is 9.26. The van der Waals surface area contributed by atoms with Gasteiger partial charge in [-0.2, -0.15) is 0 Å². The zero-order valence-electron chi connectivity index (χ0n) is 18.8. The van der Waals surface area contributed by atoms with E-state index in [-0.39, 0.29) is 23.1 Å². The van der Waals surface area contributed by atoms with E-state index < -0.39 is 6.04 Å². The highest BCUT2D eigenvalue weighted by atomic mass is 35.5. The van der Waals surface area contributed by atoms with Gasteiger partial charge in [-0.05, 0) is 63.1 Å². The van der Waals surface area contributed by atoms with Crippen LogP contribution in [0.4, 0.5) is 0 Å². The van der Waals surface area contributed by atoms with Crippen molar-refractivity contribution in [2.75, 3.05) is 12.9 Å². The first-order valence-electron chi connectivity index (χ1n) is 10.2. The van der Waals surface area contributed by atoms with Crippen molar-refractivity contribution >= 4 is 35.2 Å². The molecule has 7 heteroatoms. The fourth-order valence-electron chi connectivity index (χ4n) is 2.99. The van der Waals surface area contributed by atoms with Crippen molar-refractivity contribution in [3.05, 3.63) is 64.7 Å². The molecule has 0 aliphatic rings. The molecular weight excluding hydrogens is 432 g/mol. The molecular formula is C24H31ClN2O3S. The van der Waals surface area contributed by atoms with Crippen molar-refractivity contribution in [1.82, 2.24) is 10.2 Å². The zero-order chi connectivity index (χ0) is 23.0. The molecule has 1 N–H and O–H groups in total. The molecule has 2 rings (SSSR count). The molecule has 0 aliphatic heterocycles. The number of amides is 2. The van der Waals surface area contributed by atoms with Crippen LogP contribution in [0.2, 0.25) is 5.02 Å². The van der Waals surface area contributed by atoms with Gasteiger partial charge in [0, 0.05) is 22.9 Å². The molecule has 5 nitrogen and oxygen atoms in total. The predicted molar refractivity (Wildman–Crippen MR) is 129 cm³/mol. The van der Waals surface area contributed by atoms with E-state index in [9.17, 15) is 9.59 Å². The van der Waals surface area contributed by atoms with E-state index in [1.54, 1.807) is 18.9 Å². The number of ether oxygens (including phenoxy) is 1. The second-order valence-electron chi connectivity index (χ2n) is 8.41. The molecule has 2 aromatic rings. The molecule has 0 spiro atoms. The van der Waals surface area contributed by atoms with Crippen molar-refractivity contribution in [1.29, 1.82) is 0 Å². The molecule has 2 aromatic carbocycles. The minimum absolute atomic E-state index is 0.0913. The summed E-state index contributed by atoms with van der Waals surface area (Å²) in [5, 5.41) is 3.65. The Labute approximate surface area is 194 Å². The average Bonchev–Trinajstić information content (AvgIpc) is 2.70. The minimum atomic E-state index is -0.607. The van der Waals surface area contributed by atoms with Gasteiger partial charge >= 0.3 is 0 Å². The number of rotatable bonds is 9. The summed E-state index contributed by atoms with van der Waals surface area (Å²) < 4.78 is 5.30. The van der Waals surface area contributed by atoms with Gasteiger partial charge in [-0.1, -0.05) is 35.9 Å². The number of nitrogens with one attached hydrogen (secondary N) is 1. The molecule has 0 aromatic heterocycles. The number of carbonyl (C=O) groups excluding carboxylic acids is 2. The van der Waals surface area contributed by atoms with Crippen LogP contribution in [0.15, 0.2) is 48.5 Å². The average molecular weight is 463 g/mol. The summed E-state index contributed by atoms with van der Waals surface area (Å²) in [5.74, 6) is 1.38. The normalized spacial score (nSPS) is 12.2. The quantitative estimate of drug-likeness (QED) is 0.575. The molecule has 2 amide bonds. The number of nitrogens with zero attached hydrogens (tertiary/aromatic N) is 1. The Morgan fingerprint density at radius 2 is 1.81 bits per heavy atom. The summed E-state index contributed by atoms with van der Waals surface area (Å²) in [6.07, 6.45) is 0. The number of thioether (sulfide) groups is 1. The Balaban J connectivity index is 2.12. The number of hydrogen-bond acceptors (Lipinski definition) is 4. The van der Waals surface area contributed by atoms with E-state index >= 15 is 0 Å². The van der Waals surface area contributed by atoms with Crippen LogP contribution in [-0.4, -0.2) is 41.2 Å². The first-order chi connectivity index (χ1) is 14.6. The van der Waals surface area contributed by atoms with Gasteiger partial charge in [-0.15, -0.1) is 11.8 Å². The van der Waals surface area contributed by atoms with E-state index in [0.717, 1.165) is 11.1 Å². The van der Waals surface area contributed by atoms with Crippen molar-refractivity contribution in [2.24, 2.45) is 0 Å². The number of hydrogen-bond donors (Lipinski definition) is 1. The van der Waals surface area contributed by atoms with E-state index in [1.807, 2.05) is 69.3 Å². The van der Waals surface area contributed by atoms with Gasteiger partial charge in [0.05, 0.1) is 12.9 Å². The van der Waals surface area contributed by atoms with Crippen LogP contribution in [0.25, 0.3) is 0 Å². The van der Waals surface area contributed by atoms with Gasteiger partial charge in [0.15, 0.2) is 0 Å². The maximum atomic E-state index is 13.1. The largest absolute Gasteiger partial charge is 0.497 e. The molecule has 0 saturated carbocycles. The molecule has 1 atom stereocenters. The molecule has 0 bridgehead atoms. The van der Waals surface area contributed by atoms with Gasteiger partial charge in [0.2, 0.25) is 11.8 Å². The molecule has 0 heterocycles. The Morgan fingerprint density at radius 3 is 2.45 bits per heavy atom. The maximum absolute atomic E-state index is 13.1. The van der Waals surface area contributed by atoms with Gasteiger partial charge in [0.25, 0.3) is 0 Å². The second-order valence-corrected chi connectivity index (χ2v) is 9.83. The van der Waals surface area contributed by atoms with Crippen LogP contribution < -0.4 is 10.1 Å². The van der Waals surface area contributed by atoms with Crippen LogP contribution in [-0.2, 0) is 21.9 Å². The number of benzene rings is 2. The Hall–Kier alpha value is -2.18. The Bertz CT molecular complexity index is 898. The highest BCUT2D eigenvalue weighted by Crippen LogP contribution is 2.20. The smallest absolute Gasteiger partial charge is 0.242 e. The molecule has 0 radical (unpaired) electrons. The highest BCUT2D eigenvalue weighted by Gasteiger charge is 2.28. The van der Waals surface area contributed by atoms with Crippen LogP contribution in [0.5, 0.6) is 5.75 Å². The third kappa shape index (κ3) is 8.46. The SMILES string of the molecule is COc1cccc(CN(C(=O)CSCc2cccc(Cl)c2)C(C)C(=O)NC(C)(C)C)c1. The van der Waals surface area contributed by atoms with E-state index in [2.05, 4.69) is 5.32 Å². The lowest BCUT2D eigenvalue weighted by Crippen LogP contribution is -2.52. The van der Waals surface area contributed by atoms with Crippen molar-refractivity contribution in [2.45, 2.75) is 51.6 Å². The van der Waals surface area contributed by atoms with E-state index in [1.165, 1.54) is 11.8 Å². The van der Waals surface area contributed by atoms with E-state index in [4.69, 9.17) is 16.3 Å². The highest BCUT2D eigenvalue weighted by molar-refractivity contribution is 7.99. The summed E-state index contributed by atoms with van der Waals surface area (Å²) in [5.41, 5.74) is 1.59. The molecule has 0 saturated heterocycles. The van der Waals surface area contributed by atoms with Crippen molar-refractivity contribution in [3.63, 3.8) is 0 Å². The molecule has 1 unspecified atom stereocenters. The van der Waals surface area contributed by atoms with Crippen LogP contribution in [0.1, 0.15) is 38.8 Å². The summed E-state index contributed by atoms with van der Waals surface area (Å²) in [4.78, 5) is 27.6. The first kappa shape index (κ1) is 25.1. The lowest BCUT2D eigenvalue weighted by Gasteiger charge is -2.31. The first-order valence-corrected chi connectivity index (χ1v) is 11.7. The summed E-state index contributed by atoms with van der Waals surface area (Å²) in [6.45, 7) is 7.86. The standard InChI is InChI=1S/C24H31ClN2O3S/c1-17(23(29)26-24(2,3)4)27(14-18-8-7-11-21(13-18)30-5)22(28)16-31-15-19-9-6-10-20(25)12-19/h6-13,17H,14-16H2,1-5H3,(H,26,29). The lowest BCUT2D eigenvalue weighted by atomic mass is 10.1. The third-order valence-electron chi connectivity index (χ3n) is 4.54.